The Morgan fingerprint density at radius 3 is 2.60 bits per heavy atom. The fourth-order valence-electron chi connectivity index (χ4n) is 1.89. The first kappa shape index (κ1) is 17.4. The van der Waals surface area contributed by atoms with E-state index in [1.165, 1.54) is 24.2 Å². The van der Waals surface area contributed by atoms with Gasteiger partial charge in [0.15, 0.2) is 5.96 Å². The number of hydrogen-bond donors (Lipinski definition) is 1. The van der Waals surface area contributed by atoms with Gasteiger partial charge < -0.3 is 10.2 Å². The third-order valence-corrected chi connectivity index (χ3v) is 4.19. The Labute approximate surface area is 135 Å². The number of aliphatic imine (C=N–C) groups is 1. The largest absolute Gasteiger partial charge is 0.356 e. The predicted octanol–water partition coefficient (Wildman–Crippen LogP) is 3.60. The van der Waals surface area contributed by atoms with Gasteiger partial charge in [0.05, 0.1) is 0 Å². The maximum Gasteiger partial charge on any atom is 0.193 e. The van der Waals surface area contributed by atoms with E-state index < -0.39 is 0 Å². The number of halogens is 1. The van der Waals surface area contributed by atoms with Crippen LogP contribution in [0.1, 0.15) is 18.4 Å². The van der Waals surface area contributed by atoms with Crippen LogP contribution in [0.3, 0.4) is 0 Å². The van der Waals surface area contributed by atoms with E-state index in [1.807, 2.05) is 18.8 Å². The molecule has 0 aliphatic rings. The molecule has 0 heterocycles. The summed E-state index contributed by atoms with van der Waals surface area (Å²) < 4.78 is 1.11. The monoisotopic (exact) mass is 357 g/mol. The smallest absolute Gasteiger partial charge is 0.193 e. The van der Waals surface area contributed by atoms with E-state index in [4.69, 9.17) is 0 Å². The number of nitrogens with zero attached hydrogens (tertiary/aromatic N) is 2. The lowest BCUT2D eigenvalue weighted by molar-refractivity contribution is 0.475. The van der Waals surface area contributed by atoms with Gasteiger partial charge in [-0.25, -0.2) is 0 Å². The van der Waals surface area contributed by atoms with E-state index in [1.54, 1.807) is 0 Å². The SMILES string of the molecule is CN=C(NCCCCSC)N(C)Cc1ccc(Br)cc1. The Morgan fingerprint density at radius 2 is 2.00 bits per heavy atom. The summed E-state index contributed by atoms with van der Waals surface area (Å²) >= 11 is 5.36. The Morgan fingerprint density at radius 1 is 1.30 bits per heavy atom. The van der Waals surface area contributed by atoms with Crippen LogP contribution in [0.5, 0.6) is 0 Å². The summed E-state index contributed by atoms with van der Waals surface area (Å²) in [6.07, 6.45) is 4.59. The first-order chi connectivity index (χ1) is 9.67. The molecular formula is C15H24BrN3S. The van der Waals surface area contributed by atoms with Crippen molar-refractivity contribution in [2.24, 2.45) is 4.99 Å². The van der Waals surface area contributed by atoms with E-state index >= 15 is 0 Å². The van der Waals surface area contributed by atoms with E-state index in [0.29, 0.717) is 0 Å². The van der Waals surface area contributed by atoms with Crippen LogP contribution in [0.25, 0.3) is 0 Å². The predicted molar refractivity (Wildman–Crippen MR) is 94.6 cm³/mol. The Kier molecular flexibility index (Phi) is 8.78. The summed E-state index contributed by atoms with van der Waals surface area (Å²) in [6.45, 7) is 1.84. The van der Waals surface area contributed by atoms with Crippen molar-refractivity contribution in [3.63, 3.8) is 0 Å². The highest BCUT2D eigenvalue weighted by Gasteiger charge is 2.05. The van der Waals surface area contributed by atoms with Crippen molar-refractivity contribution < 1.29 is 0 Å². The number of nitrogens with one attached hydrogen (secondary N) is 1. The minimum Gasteiger partial charge on any atom is -0.356 e. The molecule has 1 aromatic rings. The second-order valence-electron chi connectivity index (χ2n) is 4.66. The summed E-state index contributed by atoms with van der Waals surface area (Å²) in [7, 11) is 3.90. The molecule has 0 aliphatic carbocycles. The van der Waals surface area contributed by atoms with Gasteiger partial charge in [0.2, 0.25) is 0 Å². The lowest BCUT2D eigenvalue weighted by Gasteiger charge is -2.22. The van der Waals surface area contributed by atoms with Crippen molar-refractivity contribution >= 4 is 33.7 Å². The number of hydrogen-bond acceptors (Lipinski definition) is 2. The molecule has 112 valence electrons. The number of benzene rings is 1. The van der Waals surface area contributed by atoms with Gasteiger partial charge in [0.25, 0.3) is 0 Å². The van der Waals surface area contributed by atoms with E-state index in [2.05, 4.69) is 68.7 Å². The van der Waals surface area contributed by atoms with Crippen LogP contribution in [0.2, 0.25) is 0 Å². The van der Waals surface area contributed by atoms with Gasteiger partial charge in [0, 0.05) is 31.7 Å². The van der Waals surface area contributed by atoms with Crippen molar-refractivity contribution in [2.45, 2.75) is 19.4 Å². The molecule has 0 fully saturated rings. The lowest BCUT2D eigenvalue weighted by Crippen LogP contribution is -2.38. The second kappa shape index (κ2) is 10.1. The number of guanidine groups is 1. The molecule has 0 radical (unpaired) electrons. The Balaban J connectivity index is 2.38. The topological polar surface area (TPSA) is 27.6 Å². The molecule has 3 nitrogen and oxygen atoms in total. The van der Waals surface area contributed by atoms with Crippen LogP contribution in [-0.4, -0.2) is 43.5 Å². The van der Waals surface area contributed by atoms with Crippen LogP contribution in [0.15, 0.2) is 33.7 Å². The van der Waals surface area contributed by atoms with Gasteiger partial charge in [-0.1, -0.05) is 28.1 Å². The number of thioether (sulfide) groups is 1. The molecule has 5 heteroatoms. The standard InChI is InChI=1S/C15H24BrN3S/c1-17-15(18-10-4-5-11-20-3)19(2)12-13-6-8-14(16)9-7-13/h6-9H,4-5,10-12H2,1-3H3,(H,17,18). The second-order valence-corrected chi connectivity index (χ2v) is 6.56. The molecule has 0 saturated carbocycles. The summed E-state index contributed by atoms with van der Waals surface area (Å²) in [4.78, 5) is 6.49. The van der Waals surface area contributed by atoms with Crippen LogP contribution >= 0.6 is 27.7 Å². The Bertz CT molecular complexity index is 406. The van der Waals surface area contributed by atoms with Crippen LogP contribution in [-0.2, 0) is 6.54 Å². The molecular weight excluding hydrogens is 334 g/mol. The number of rotatable bonds is 7. The van der Waals surface area contributed by atoms with Crippen LogP contribution in [0, 0.1) is 0 Å². The van der Waals surface area contributed by atoms with Gasteiger partial charge in [-0.05, 0) is 42.5 Å². The minimum absolute atomic E-state index is 0.859. The minimum atomic E-state index is 0.859. The van der Waals surface area contributed by atoms with Gasteiger partial charge in [-0.2, -0.15) is 11.8 Å². The zero-order chi connectivity index (χ0) is 14.8. The van der Waals surface area contributed by atoms with Gasteiger partial charge in [-0.3, -0.25) is 4.99 Å². The summed E-state index contributed by atoms with van der Waals surface area (Å²) in [5, 5.41) is 3.42. The fraction of sp³-hybridized carbons (Fsp3) is 0.533. The summed E-state index contributed by atoms with van der Waals surface area (Å²) in [6, 6.07) is 8.40. The molecule has 0 aromatic heterocycles. The fourth-order valence-corrected chi connectivity index (χ4v) is 2.65. The third-order valence-electron chi connectivity index (χ3n) is 2.96. The van der Waals surface area contributed by atoms with Crippen molar-refractivity contribution in [1.82, 2.24) is 10.2 Å². The van der Waals surface area contributed by atoms with Gasteiger partial charge >= 0.3 is 0 Å². The van der Waals surface area contributed by atoms with Crippen LogP contribution < -0.4 is 5.32 Å². The molecule has 0 amide bonds. The maximum absolute atomic E-state index is 4.34. The Hall–Kier alpha value is -0.680. The zero-order valence-corrected chi connectivity index (χ0v) is 14.9. The average Bonchev–Trinajstić information content (AvgIpc) is 2.45. The van der Waals surface area contributed by atoms with E-state index in [-0.39, 0.29) is 0 Å². The average molecular weight is 358 g/mol. The van der Waals surface area contributed by atoms with Crippen molar-refractivity contribution in [1.29, 1.82) is 0 Å². The number of unbranched alkanes of at least 4 members (excludes halogenated alkanes) is 1. The third kappa shape index (κ3) is 6.66. The van der Waals surface area contributed by atoms with Crippen molar-refractivity contribution in [3.05, 3.63) is 34.3 Å². The first-order valence-corrected chi connectivity index (χ1v) is 9.01. The van der Waals surface area contributed by atoms with E-state index in [0.717, 1.165) is 23.5 Å². The molecule has 0 spiro atoms. The molecule has 0 unspecified atom stereocenters. The summed E-state index contributed by atoms with van der Waals surface area (Å²) in [5.74, 6) is 2.19. The molecule has 0 bridgehead atoms. The van der Waals surface area contributed by atoms with Crippen molar-refractivity contribution in [3.8, 4) is 0 Å². The first-order valence-electron chi connectivity index (χ1n) is 6.82. The highest BCUT2D eigenvalue weighted by Crippen LogP contribution is 2.11. The normalized spacial score (nSPS) is 11.5. The molecule has 20 heavy (non-hydrogen) atoms. The van der Waals surface area contributed by atoms with Crippen molar-refractivity contribution in [2.75, 3.05) is 32.6 Å². The molecule has 1 N–H and O–H groups in total. The lowest BCUT2D eigenvalue weighted by atomic mass is 10.2. The van der Waals surface area contributed by atoms with E-state index in [9.17, 15) is 0 Å². The molecule has 1 rings (SSSR count). The summed E-state index contributed by atoms with van der Waals surface area (Å²) in [5.41, 5.74) is 1.28. The quantitative estimate of drug-likeness (QED) is 0.459. The van der Waals surface area contributed by atoms with Gasteiger partial charge in [-0.15, -0.1) is 0 Å². The molecule has 0 saturated heterocycles. The van der Waals surface area contributed by atoms with Crippen LogP contribution in [0.4, 0.5) is 0 Å². The molecule has 0 aliphatic heterocycles. The zero-order valence-electron chi connectivity index (χ0n) is 12.5. The van der Waals surface area contributed by atoms with Gasteiger partial charge in [0.1, 0.15) is 0 Å². The maximum atomic E-state index is 4.34. The molecule has 1 aromatic carbocycles. The highest BCUT2D eigenvalue weighted by atomic mass is 79.9. The highest BCUT2D eigenvalue weighted by molar-refractivity contribution is 9.10. The molecule has 0 atom stereocenters.